The van der Waals surface area contributed by atoms with Gasteiger partial charge in [-0.15, -0.1) is 0 Å². The zero-order valence-electron chi connectivity index (χ0n) is 11.8. The first-order valence-corrected chi connectivity index (χ1v) is 7.99. The van der Waals surface area contributed by atoms with Crippen molar-refractivity contribution in [1.82, 2.24) is 9.29 Å². The van der Waals surface area contributed by atoms with Crippen molar-refractivity contribution in [3.05, 3.63) is 24.5 Å². The number of rotatable bonds is 7. The highest BCUT2D eigenvalue weighted by Gasteiger charge is 2.37. The summed E-state index contributed by atoms with van der Waals surface area (Å²) in [4.78, 5) is 4.11. The van der Waals surface area contributed by atoms with Crippen molar-refractivity contribution < 1.29 is 8.42 Å². The highest BCUT2D eigenvalue weighted by atomic mass is 32.2. The van der Waals surface area contributed by atoms with Gasteiger partial charge in [0.15, 0.2) is 0 Å². The number of hydrogen-bond acceptors (Lipinski definition) is 4. The molecule has 1 heterocycles. The predicted octanol–water partition coefficient (Wildman–Crippen LogP) is 1.61. The largest absolute Gasteiger partial charge is 0.329 e. The maximum absolute atomic E-state index is 12.7. The molecule has 0 amide bonds. The van der Waals surface area contributed by atoms with Crippen LogP contribution in [0.5, 0.6) is 0 Å². The van der Waals surface area contributed by atoms with Gasteiger partial charge in [0, 0.05) is 31.0 Å². The topological polar surface area (TPSA) is 76.3 Å². The van der Waals surface area contributed by atoms with Gasteiger partial charge in [-0.25, -0.2) is 8.42 Å². The Morgan fingerprint density at radius 2 is 2.11 bits per heavy atom. The van der Waals surface area contributed by atoms with Gasteiger partial charge in [-0.2, -0.15) is 4.31 Å². The molecule has 1 atom stereocenters. The number of sulfonamides is 1. The summed E-state index contributed by atoms with van der Waals surface area (Å²) < 4.78 is 26.9. The molecule has 0 aliphatic rings. The quantitative estimate of drug-likeness (QED) is 0.825. The van der Waals surface area contributed by atoms with E-state index < -0.39 is 15.6 Å². The molecular weight excluding hydrogens is 262 g/mol. The third-order valence-corrected chi connectivity index (χ3v) is 5.49. The van der Waals surface area contributed by atoms with Crippen molar-refractivity contribution in [2.75, 3.05) is 13.1 Å². The van der Waals surface area contributed by atoms with Crippen LogP contribution >= 0.6 is 0 Å². The lowest BCUT2D eigenvalue weighted by molar-refractivity contribution is 0.206. The zero-order valence-corrected chi connectivity index (χ0v) is 12.7. The van der Waals surface area contributed by atoms with Crippen LogP contribution < -0.4 is 5.73 Å². The Hall–Kier alpha value is -0.980. The van der Waals surface area contributed by atoms with E-state index >= 15 is 0 Å². The van der Waals surface area contributed by atoms with E-state index in [0.29, 0.717) is 19.5 Å². The van der Waals surface area contributed by atoms with Crippen LogP contribution in [-0.4, -0.2) is 36.3 Å². The van der Waals surface area contributed by atoms with Gasteiger partial charge in [0.1, 0.15) is 4.90 Å². The van der Waals surface area contributed by atoms with Crippen LogP contribution in [0, 0.1) is 0 Å². The smallest absolute Gasteiger partial charge is 0.245 e. The second-order valence-electron chi connectivity index (χ2n) is 4.82. The highest BCUT2D eigenvalue weighted by molar-refractivity contribution is 7.89. The molecule has 0 saturated carbocycles. The minimum Gasteiger partial charge on any atom is -0.329 e. The molecule has 0 bridgehead atoms. The van der Waals surface area contributed by atoms with Crippen LogP contribution in [-0.2, 0) is 10.0 Å². The summed E-state index contributed by atoms with van der Waals surface area (Å²) in [7, 11) is -3.55. The Labute approximate surface area is 115 Å². The summed E-state index contributed by atoms with van der Waals surface area (Å²) in [6.07, 6.45) is 4.35. The fourth-order valence-electron chi connectivity index (χ4n) is 1.93. The highest BCUT2D eigenvalue weighted by Crippen LogP contribution is 2.26. The van der Waals surface area contributed by atoms with Gasteiger partial charge in [-0.3, -0.25) is 4.98 Å². The molecule has 0 aromatic carbocycles. The number of nitrogens with two attached hydrogens (primary N) is 1. The molecule has 1 unspecified atom stereocenters. The Balaban J connectivity index is 3.26. The molecular formula is C13H23N3O2S. The fraction of sp³-hybridized carbons (Fsp3) is 0.615. The number of nitrogens with zero attached hydrogens (tertiary/aromatic N) is 2. The maximum Gasteiger partial charge on any atom is 0.245 e. The second-order valence-corrected chi connectivity index (χ2v) is 6.68. The standard InChI is InChI=1S/C13H23N3O2S/c1-4-9-16(13(3,5-2)11-14)19(17,18)12-7-6-8-15-10-12/h6-8,10H,4-5,9,11,14H2,1-3H3. The lowest BCUT2D eigenvalue weighted by Gasteiger charge is -2.38. The van der Waals surface area contributed by atoms with Gasteiger partial charge >= 0.3 is 0 Å². The monoisotopic (exact) mass is 285 g/mol. The fourth-order valence-corrected chi connectivity index (χ4v) is 3.84. The van der Waals surface area contributed by atoms with Crippen molar-refractivity contribution >= 4 is 10.0 Å². The number of hydrogen-bond donors (Lipinski definition) is 1. The van der Waals surface area contributed by atoms with Crippen molar-refractivity contribution in [2.45, 2.75) is 44.0 Å². The predicted molar refractivity (Wildman–Crippen MR) is 76.2 cm³/mol. The van der Waals surface area contributed by atoms with E-state index in [0.717, 1.165) is 6.42 Å². The normalized spacial score (nSPS) is 15.4. The van der Waals surface area contributed by atoms with E-state index in [4.69, 9.17) is 5.73 Å². The minimum absolute atomic E-state index is 0.219. The minimum atomic E-state index is -3.55. The molecule has 1 rings (SSSR count). The van der Waals surface area contributed by atoms with Gasteiger partial charge < -0.3 is 5.73 Å². The summed E-state index contributed by atoms with van der Waals surface area (Å²) in [6, 6.07) is 3.19. The Kier molecular flexibility index (Phi) is 5.46. The summed E-state index contributed by atoms with van der Waals surface area (Å²) in [5.41, 5.74) is 5.24. The first-order chi connectivity index (χ1) is 8.92. The van der Waals surface area contributed by atoms with Gasteiger partial charge in [0.05, 0.1) is 0 Å². The molecule has 108 valence electrons. The first-order valence-electron chi connectivity index (χ1n) is 6.55. The van der Waals surface area contributed by atoms with Crippen LogP contribution in [0.3, 0.4) is 0 Å². The summed E-state index contributed by atoms with van der Waals surface area (Å²) >= 11 is 0. The van der Waals surface area contributed by atoms with Crippen LogP contribution in [0.15, 0.2) is 29.4 Å². The molecule has 6 heteroatoms. The second kappa shape index (κ2) is 6.45. The zero-order chi connectivity index (χ0) is 14.5. The van der Waals surface area contributed by atoms with Crippen molar-refractivity contribution in [3.63, 3.8) is 0 Å². The molecule has 5 nitrogen and oxygen atoms in total. The third-order valence-electron chi connectivity index (χ3n) is 3.45. The SMILES string of the molecule is CCCN(C(C)(CC)CN)S(=O)(=O)c1cccnc1. The Bertz CT molecular complexity index is 484. The van der Waals surface area contributed by atoms with Crippen LogP contribution in [0.25, 0.3) is 0 Å². The molecule has 0 aliphatic carbocycles. The average molecular weight is 285 g/mol. The van der Waals surface area contributed by atoms with Crippen molar-refractivity contribution in [3.8, 4) is 0 Å². The molecule has 1 aromatic rings. The molecule has 0 aliphatic heterocycles. The summed E-state index contributed by atoms with van der Waals surface area (Å²) in [5.74, 6) is 0. The van der Waals surface area contributed by atoms with Crippen molar-refractivity contribution in [1.29, 1.82) is 0 Å². The van der Waals surface area contributed by atoms with E-state index in [1.807, 2.05) is 20.8 Å². The Morgan fingerprint density at radius 3 is 2.53 bits per heavy atom. The molecule has 0 radical (unpaired) electrons. The van der Waals surface area contributed by atoms with Crippen LogP contribution in [0.1, 0.15) is 33.6 Å². The maximum atomic E-state index is 12.7. The number of aromatic nitrogens is 1. The summed E-state index contributed by atoms with van der Waals surface area (Å²) in [6.45, 7) is 6.55. The third kappa shape index (κ3) is 3.32. The van der Waals surface area contributed by atoms with Crippen LogP contribution in [0.4, 0.5) is 0 Å². The van der Waals surface area contributed by atoms with Gasteiger partial charge in [0.2, 0.25) is 10.0 Å². The summed E-state index contributed by atoms with van der Waals surface area (Å²) in [5, 5.41) is 0. The molecule has 2 N–H and O–H groups in total. The molecule has 0 saturated heterocycles. The van der Waals surface area contributed by atoms with E-state index in [9.17, 15) is 8.42 Å². The number of pyridine rings is 1. The molecule has 1 aromatic heterocycles. The van der Waals surface area contributed by atoms with Crippen molar-refractivity contribution in [2.24, 2.45) is 5.73 Å². The van der Waals surface area contributed by atoms with Gasteiger partial charge in [-0.1, -0.05) is 13.8 Å². The molecule has 0 fully saturated rings. The van der Waals surface area contributed by atoms with E-state index in [1.165, 1.54) is 10.5 Å². The average Bonchev–Trinajstić information content (AvgIpc) is 2.44. The van der Waals surface area contributed by atoms with Gasteiger partial charge in [0.25, 0.3) is 0 Å². The molecule has 19 heavy (non-hydrogen) atoms. The van der Waals surface area contributed by atoms with E-state index in [1.54, 1.807) is 18.3 Å². The lowest BCUT2D eigenvalue weighted by Crippen LogP contribution is -2.54. The lowest BCUT2D eigenvalue weighted by atomic mass is 9.99. The Morgan fingerprint density at radius 1 is 1.42 bits per heavy atom. The first kappa shape index (κ1) is 16.1. The van der Waals surface area contributed by atoms with Gasteiger partial charge in [-0.05, 0) is 31.9 Å². The van der Waals surface area contributed by atoms with E-state index in [2.05, 4.69) is 4.98 Å². The van der Waals surface area contributed by atoms with E-state index in [-0.39, 0.29) is 4.90 Å². The van der Waals surface area contributed by atoms with Crippen LogP contribution in [0.2, 0.25) is 0 Å². The molecule has 0 spiro atoms.